The van der Waals surface area contributed by atoms with Gasteiger partial charge in [0, 0.05) is 24.4 Å². The summed E-state index contributed by atoms with van der Waals surface area (Å²) < 4.78 is 0. The molecule has 208 valence electrons. The summed E-state index contributed by atoms with van der Waals surface area (Å²) in [5, 5.41) is 19.7. The predicted octanol–water partition coefficient (Wildman–Crippen LogP) is 3.75. The van der Waals surface area contributed by atoms with Crippen molar-refractivity contribution in [2.45, 2.75) is 54.2 Å². The minimum absolute atomic E-state index is 0.0202. The third-order valence-electron chi connectivity index (χ3n) is 8.63. The molecule has 1 aromatic carbocycles. The summed E-state index contributed by atoms with van der Waals surface area (Å²) in [6.07, 6.45) is 3.45. The van der Waals surface area contributed by atoms with Crippen LogP contribution in [0.1, 0.15) is 50.0 Å². The zero-order chi connectivity index (χ0) is 28.3. The van der Waals surface area contributed by atoms with Crippen LogP contribution in [0.15, 0.2) is 35.9 Å². The van der Waals surface area contributed by atoms with Gasteiger partial charge in [0.25, 0.3) is 11.8 Å². The molecule has 2 aliphatic carbocycles. The van der Waals surface area contributed by atoms with Gasteiger partial charge in [-0.05, 0) is 37.7 Å². The maximum atomic E-state index is 13.7. The van der Waals surface area contributed by atoms with E-state index in [-0.39, 0.29) is 48.8 Å². The number of fused-ring (bicyclic) bond motifs is 4. The van der Waals surface area contributed by atoms with E-state index in [1.165, 1.54) is 11.0 Å². The Morgan fingerprint density at radius 1 is 1.00 bits per heavy atom. The number of benzene rings is 1. The number of unbranched alkanes of at least 4 members (excludes halogenated alkanes) is 2. The number of para-hydroxylation sites is 1. The van der Waals surface area contributed by atoms with Crippen molar-refractivity contribution >= 4 is 68.7 Å². The number of phenolic OH excluding ortho intramolecular Hbond substituents is 1. The Labute approximate surface area is 243 Å². The number of hydrogen-bond donors (Lipinski definition) is 2. The van der Waals surface area contributed by atoms with Crippen molar-refractivity contribution in [3.63, 3.8) is 0 Å². The standard InChI is InChI=1S/C27H27BrCl2N2O7/c28-13-32-24(38)26(29)12-17-14(21(27(26,30)25(32)39)15-6-3-4-7-18(15)33)9-10-16-20(17)23(37)31(22(16)36)11-5-1-2-8-19(34)35/h3-4,6-7,9,16-17,20-21,33H,1-2,5,8,10-13H2,(H,34,35). The first-order chi connectivity index (χ1) is 18.5. The first kappa shape index (κ1) is 28.1. The van der Waals surface area contributed by atoms with E-state index in [4.69, 9.17) is 28.3 Å². The second kappa shape index (κ2) is 10.2. The zero-order valence-corrected chi connectivity index (χ0v) is 23.9. The molecule has 3 fully saturated rings. The molecule has 0 bridgehead atoms. The number of carbonyl (C=O) groups is 5. The van der Waals surface area contributed by atoms with E-state index < -0.39 is 51.2 Å². The van der Waals surface area contributed by atoms with Crippen LogP contribution in [0.25, 0.3) is 0 Å². The first-order valence-corrected chi connectivity index (χ1v) is 14.7. The van der Waals surface area contributed by atoms with Gasteiger partial charge in [0.15, 0.2) is 9.75 Å². The SMILES string of the molecule is O=C(O)CCCCCN1C(=O)C2CC=C3C(CC4(Cl)C(=O)N(CBr)C(=O)C4(Cl)C3c3ccccc3O)C2C1=O. The molecule has 39 heavy (non-hydrogen) atoms. The molecule has 0 radical (unpaired) electrons. The van der Waals surface area contributed by atoms with Gasteiger partial charge < -0.3 is 10.2 Å². The fraction of sp³-hybridized carbons (Fsp3) is 0.519. The quantitative estimate of drug-likeness (QED) is 0.145. The Kier molecular flexibility index (Phi) is 7.35. The van der Waals surface area contributed by atoms with E-state index in [0.29, 0.717) is 30.4 Å². The van der Waals surface area contributed by atoms with Crippen LogP contribution >= 0.6 is 39.1 Å². The van der Waals surface area contributed by atoms with Gasteiger partial charge in [-0.3, -0.25) is 33.8 Å². The Morgan fingerprint density at radius 3 is 2.38 bits per heavy atom. The normalized spacial score (nSPS) is 33.7. The molecule has 1 saturated carbocycles. The Bertz CT molecular complexity index is 1300. The van der Waals surface area contributed by atoms with Crippen LogP contribution in [0.5, 0.6) is 5.75 Å². The van der Waals surface area contributed by atoms with Gasteiger partial charge >= 0.3 is 5.97 Å². The van der Waals surface area contributed by atoms with Crippen LogP contribution < -0.4 is 0 Å². The zero-order valence-electron chi connectivity index (χ0n) is 20.8. The topological polar surface area (TPSA) is 132 Å². The van der Waals surface area contributed by atoms with Crippen molar-refractivity contribution < 1.29 is 34.2 Å². The number of likely N-dealkylation sites (tertiary alicyclic amines) is 2. The second-order valence-corrected chi connectivity index (χ2v) is 12.3. The van der Waals surface area contributed by atoms with Crippen molar-refractivity contribution in [2.24, 2.45) is 17.8 Å². The van der Waals surface area contributed by atoms with Gasteiger partial charge in [-0.2, -0.15) is 0 Å². The molecule has 0 aromatic heterocycles. The van der Waals surface area contributed by atoms with Crippen LogP contribution in [0, 0.1) is 17.8 Å². The number of allylic oxidation sites excluding steroid dienone is 2. The molecule has 6 atom stereocenters. The van der Waals surface area contributed by atoms with Gasteiger partial charge in [0.05, 0.1) is 17.3 Å². The maximum absolute atomic E-state index is 13.7. The summed E-state index contributed by atoms with van der Waals surface area (Å²) in [6, 6.07) is 6.39. The number of aliphatic carboxylic acids is 1. The summed E-state index contributed by atoms with van der Waals surface area (Å²) in [5.74, 6) is -6.16. The Morgan fingerprint density at radius 2 is 1.72 bits per heavy atom. The lowest BCUT2D eigenvalue weighted by Crippen LogP contribution is -2.60. The van der Waals surface area contributed by atoms with Crippen molar-refractivity contribution in [3.8, 4) is 5.75 Å². The number of carbonyl (C=O) groups excluding carboxylic acids is 4. The maximum Gasteiger partial charge on any atom is 0.303 e. The number of nitrogens with zero attached hydrogens (tertiary/aromatic N) is 2. The average Bonchev–Trinajstić information content (AvgIpc) is 3.22. The number of carboxylic acid groups (broad SMARTS) is 1. The summed E-state index contributed by atoms with van der Waals surface area (Å²) in [4.78, 5) is 63.4. The fourth-order valence-corrected chi connectivity index (χ4v) is 8.26. The molecule has 0 spiro atoms. The molecule has 1 aromatic rings. The number of hydrogen-bond acceptors (Lipinski definition) is 6. The second-order valence-electron chi connectivity index (χ2n) is 10.6. The van der Waals surface area contributed by atoms with Crippen LogP contribution in [0.4, 0.5) is 0 Å². The van der Waals surface area contributed by atoms with Crippen molar-refractivity contribution in [1.29, 1.82) is 0 Å². The minimum Gasteiger partial charge on any atom is -0.508 e. The van der Waals surface area contributed by atoms with E-state index in [2.05, 4.69) is 15.9 Å². The van der Waals surface area contributed by atoms with Crippen molar-refractivity contribution in [3.05, 3.63) is 41.5 Å². The van der Waals surface area contributed by atoms with Gasteiger partial charge in [-0.15, -0.1) is 23.2 Å². The van der Waals surface area contributed by atoms with Gasteiger partial charge in [0.1, 0.15) is 5.75 Å². The molecule has 4 aliphatic rings. The smallest absolute Gasteiger partial charge is 0.303 e. The molecule has 6 unspecified atom stereocenters. The Hall–Kier alpha value is -2.43. The number of amides is 4. The highest BCUT2D eigenvalue weighted by atomic mass is 79.9. The van der Waals surface area contributed by atoms with Crippen LogP contribution in [-0.4, -0.2) is 71.4 Å². The van der Waals surface area contributed by atoms with Crippen molar-refractivity contribution in [2.75, 3.05) is 12.0 Å². The highest BCUT2D eigenvalue weighted by Gasteiger charge is 2.76. The molecule has 2 saturated heterocycles. The number of rotatable bonds is 8. The van der Waals surface area contributed by atoms with E-state index in [9.17, 15) is 29.1 Å². The number of aromatic hydroxyl groups is 1. The Balaban J connectivity index is 1.53. The van der Waals surface area contributed by atoms with Gasteiger partial charge in [-0.25, -0.2) is 0 Å². The molecule has 12 heteroatoms. The molecule has 4 amide bonds. The molecule has 9 nitrogen and oxygen atoms in total. The number of imide groups is 2. The summed E-state index contributed by atoms with van der Waals surface area (Å²) in [7, 11) is 0. The molecule has 2 N–H and O–H groups in total. The lowest BCUT2D eigenvalue weighted by Gasteiger charge is -2.50. The summed E-state index contributed by atoms with van der Waals surface area (Å²) in [6.45, 7) is 0.176. The number of phenols is 1. The predicted molar refractivity (Wildman–Crippen MR) is 144 cm³/mol. The minimum atomic E-state index is -1.96. The van der Waals surface area contributed by atoms with Crippen LogP contribution in [0.2, 0.25) is 0 Å². The summed E-state index contributed by atoms with van der Waals surface area (Å²) >= 11 is 17.4. The monoisotopic (exact) mass is 640 g/mol. The highest BCUT2D eigenvalue weighted by molar-refractivity contribution is 9.09. The van der Waals surface area contributed by atoms with Gasteiger partial charge in [-0.1, -0.05) is 52.2 Å². The summed E-state index contributed by atoms with van der Waals surface area (Å²) in [5.41, 5.74) is 0.812. The molecule has 2 aliphatic heterocycles. The van der Waals surface area contributed by atoms with Crippen LogP contribution in [0.3, 0.4) is 0 Å². The average molecular weight is 642 g/mol. The molecule has 2 heterocycles. The molecule has 5 rings (SSSR count). The number of carboxylic acids is 1. The largest absolute Gasteiger partial charge is 0.508 e. The lowest BCUT2D eigenvalue weighted by atomic mass is 9.56. The molecular formula is C27H27BrCl2N2O7. The highest BCUT2D eigenvalue weighted by Crippen LogP contribution is 2.66. The fourth-order valence-electron chi connectivity index (χ4n) is 6.84. The lowest BCUT2D eigenvalue weighted by molar-refractivity contribution is -0.141. The van der Waals surface area contributed by atoms with Gasteiger partial charge in [0.2, 0.25) is 11.8 Å². The van der Waals surface area contributed by atoms with Crippen molar-refractivity contribution in [1.82, 2.24) is 9.80 Å². The van der Waals surface area contributed by atoms with E-state index in [1.807, 2.05) is 6.08 Å². The third kappa shape index (κ3) is 4.04. The van der Waals surface area contributed by atoms with E-state index >= 15 is 0 Å². The number of halogens is 3. The third-order valence-corrected chi connectivity index (χ3v) is 10.5. The number of alkyl halides is 3. The van der Waals surface area contributed by atoms with Crippen LogP contribution in [-0.2, 0) is 24.0 Å². The first-order valence-electron chi connectivity index (χ1n) is 12.8. The van der Waals surface area contributed by atoms with E-state index in [0.717, 1.165) is 4.90 Å². The van der Waals surface area contributed by atoms with E-state index in [1.54, 1.807) is 18.2 Å². The molecular weight excluding hydrogens is 615 g/mol.